The highest BCUT2D eigenvalue weighted by Gasteiger charge is 2.36. The molecule has 2 rings (SSSR count). The Bertz CT molecular complexity index is 579. The summed E-state index contributed by atoms with van der Waals surface area (Å²) in [6, 6.07) is 1.49. The molecule has 1 aliphatic rings. The number of carboxylic acids is 1. The molecule has 0 bridgehead atoms. The molecule has 6 heteroatoms. The Hall–Kier alpha value is -2.16. The lowest BCUT2D eigenvalue weighted by atomic mass is 9.90. The number of carbonyl (C=O) groups is 1. The molecule has 1 fully saturated rings. The van der Waals surface area contributed by atoms with Crippen molar-refractivity contribution in [3.8, 4) is 6.07 Å². The van der Waals surface area contributed by atoms with Gasteiger partial charge >= 0.3 is 5.97 Å². The largest absolute Gasteiger partial charge is 0.480 e. The van der Waals surface area contributed by atoms with Crippen molar-refractivity contribution < 1.29 is 9.90 Å². The van der Waals surface area contributed by atoms with Crippen LogP contribution in [0.4, 0.5) is 5.82 Å². The van der Waals surface area contributed by atoms with Crippen LogP contribution in [-0.2, 0) is 4.79 Å². The number of aromatic nitrogens is 2. The third-order valence-electron chi connectivity index (χ3n) is 4.01. The minimum absolute atomic E-state index is 0.0243. The molecule has 1 N–H and O–H groups in total. The van der Waals surface area contributed by atoms with Crippen LogP contribution in [0.1, 0.15) is 36.6 Å². The number of hydrogen-bond acceptors (Lipinski definition) is 5. The van der Waals surface area contributed by atoms with Crippen molar-refractivity contribution >= 4 is 11.8 Å². The van der Waals surface area contributed by atoms with Gasteiger partial charge in [-0.1, -0.05) is 6.92 Å². The van der Waals surface area contributed by atoms with E-state index in [4.69, 9.17) is 0 Å². The van der Waals surface area contributed by atoms with Gasteiger partial charge in [-0.15, -0.1) is 5.10 Å². The fourth-order valence-corrected chi connectivity index (χ4v) is 2.73. The number of aryl methyl sites for hydroxylation is 1. The maximum Gasteiger partial charge on any atom is 0.326 e. The third-order valence-corrected chi connectivity index (χ3v) is 4.01. The van der Waals surface area contributed by atoms with Crippen molar-refractivity contribution in [1.82, 2.24) is 10.2 Å². The summed E-state index contributed by atoms with van der Waals surface area (Å²) >= 11 is 0. The summed E-state index contributed by atoms with van der Waals surface area (Å²) in [4.78, 5) is 13.2. The Labute approximate surface area is 118 Å². The van der Waals surface area contributed by atoms with Gasteiger partial charge in [0, 0.05) is 6.54 Å². The first-order chi connectivity index (χ1) is 9.47. The maximum absolute atomic E-state index is 11.5. The number of hydrogen-bond donors (Lipinski definition) is 1. The van der Waals surface area contributed by atoms with E-state index in [0.717, 1.165) is 18.4 Å². The fourth-order valence-electron chi connectivity index (χ4n) is 2.73. The second-order valence-corrected chi connectivity index (χ2v) is 5.32. The van der Waals surface area contributed by atoms with Crippen LogP contribution in [0.2, 0.25) is 0 Å². The number of rotatable bonds is 2. The van der Waals surface area contributed by atoms with Crippen molar-refractivity contribution in [3.05, 3.63) is 16.8 Å². The summed E-state index contributed by atoms with van der Waals surface area (Å²) in [5.41, 5.74) is 1.89. The van der Waals surface area contributed by atoms with Gasteiger partial charge in [-0.25, -0.2) is 4.79 Å². The zero-order valence-corrected chi connectivity index (χ0v) is 11.9. The summed E-state index contributed by atoms with van der Waals surface area (Å²) in [7, 11) is 0. The SMILES string of the molecule is Cc1nnc(N2CCCC(C)C2C(=O)O)c(C#N)c1C. The van der Waals surface area contributed by atoms with Crippen molar-refractivity contribution in [2.75, 3.05) is 11.4 Å². The molecule has 2 unspecified atom stereocenters. The van der Waals surface area contributed by atoms with Crippen LogP contribution in [0, 0.1) is 31.1 Å². The Morgan fingerprint density at radius 2 is 2.15 bits per heavy atom. The summed E-state index contributed by atoms with van der Waals surface area (Å²) < 4.78 is 0. The summed E-state index contributed by atoms with van der Waals surface area (Å²) in [6.07, 6.45) is 1.76. The van der Waals surface area contributed by atoms with Crippen LogP contribution in [-0.4, -0.2) is 33.9 Å². The number of nitriles is 1. The molecule has 106 valence electrons. The van der Waals surface area contributed by atoms with E-state index in [9.17, 15) is 15.2 Å². The van der Waals surface area contributed by atoms with Gasteiger partial charge in [-0.3, -0.25) is 0 Å². The normalized spacial score (nSPS) is 22.4. The van der Waals surface area contributed by atoms with Crippen LogP contribution in [0.5, 0.6) is 0 Å². The monoisotopic (exact) mass is 274 g/mol. The molecule has 0 aliphatic carbocycles. The molecule has 0 aromatic carbocycles. The summed E-state index contributed by atoms with van der Waals surface area (Å²) in [6.45, 7) is 6.12. The van der Waals surface area contributed by atoms with Gasteiger partial charge in [-0.2, -0.15) is 10.4 Å². The van der Waals surface area contributed by atoms with Crippen molar-refractivity contribution in [2.45, 2.75) is 39.7 Å². The minimum Gasteiger partial charge on any atom is -0.480 e. The molecule has 1 aromatic heterocycles. The Morgan fingerprint density at radius 3 is 2.75 bits per heavy atom. The molecule has 1 aliphatic heterocycles. The molecule has 0 saturated carbocycles. The fraction of sp³-hybridized carbons (Fsp3) is 0.571. The molecule has 2 heterocycles. The lowest BCUT2D eigenvalue weighted by molar-refractivity contribution is -0.140. The van der Waals surface area contributed by atoms with Gasteiger partial charge < -0.3 is 10.0 Å². The van der Waals surface area contributed by atoms with E-state index in [0.29, 0.717) is 23.6 Å². The molecule has 1 aromatic rings. The van der Waals surface area contributed by atoms with E-state index in [1.807, 2.05) is 13.8 Å². The summed E-state index contributed by atoms with van der Waals surface area (Å²) in [5.74, 6) is -0.452. The number of nitrogens with zero attached hydrogens (tertiary/aromatic N) is 4. The molecule has 2 atom stereocenters. The zero-order chi connectivity index (χ0) is 14.9. The third kappa shape index (κ3) is 2.31. The molecule has 20 heavy (non-hydrogen) atoms. The first-order valence-corrected chi connectivity index (χ1v) is 6.70. The second-order valence-electron chi connectivity index (χ2n) is 5.32. The van der Waals surface area contributed by atoms with E-state index < -0.39 is 12.0 Å². The molecule has 0 spiro atoms. The molecule has 6 nitrogen and oxygen atoms in total. The highest BCUT2D eigenvalue weighted by atomic mass is 16.4. The van der Waals surface area contributed by atoms with E-state index >= 15 is 0 Å². The van der Waals surface area contributed by atoms with E-state index in [1.54, 1.807) is 11.8 Å². The van der Waals surface area contributed by atoms with Gasteiger partial charge in [0.15, 0.2) is 5.82 Å². The van der Waals surface area contributed by atoms with Gasteiger partial charge in [0.1, 0.15) is 17.7 Å². The Kier molecular flexibility index (Phi) is 3.89. The van der Waals surface area contributed by atoms with Crippen molar-refractivity contribution in [3.63, 3.8) is 0 Å². The first kappa shape index (κ1) is 14.3. The predicted molar refractivity (Wildman–Crippen MR) is 73.4 cm³/mol. The van der Waals surface area contributed by atoms with E-state index in [-0.39, 0.29) is 5.92 Å². The number of anilines is 1. The van der Waals surface area contributed by atoms with Gasteiger partial charge in [-0.05, 0) is 38.2 Å². The number of piperidine rings is 1. The second kappa shape index (κ2) is 5.45. The minimum atomic E-state index is -0.874. The predicted octanol–water partition coefficient (Wildman–Crippen LogP) is 1.65. The van der Waals surface area contributed by atoms with Gasteiger partial charge in [0.2, 0.25) is 0 Å². The van der Waals surface area contributed by atoms with Crippen LogP contribution in [0.25, 0.3) is 0 Å². The van der Waals surface area contributed by atoms with Gasteiger partial charge in [0.05, 0.1) is 5.69 Å². The zero-order valence-electron chi connectivity index (χ0n) is 11.9. The highest BCUT2D eigenvalue weighted by molar-refractivity contribution is 5.79. The quantitative estimate of drug-likeness (QED) is 0.882. The number of carboxylic acid groups (broad SMARTS) is 1. The van der Waals surface area contributed by atoms with Crippen LogP contribution in [0.15, 0.2) is 0 Å². The Balaban J connectivity index is 2.52. The molecular weight excluding hydrogens is 256 g/mol. The summed E-state index contributed by atoms with van der Waals surface area (Å²) in [5, 5.41) is 26.9. The van der Waals surface area contributed by atoms with E-state index in [2.05, 4.69) is 16.3 Å². The average Bonchev–Trinajstić information content (AvgIpc) is 2.41. The molecule has 0 radical (unpaired) electrons. The van der Waals surface area contributed by atoms with Gasteiger partial charge in [0.25, 0.3) is 0 Å². The average molecular weight is 274 g/mol. The standard InChI is InChI=1S/C14H18N4O2/c1-8-5-4-6-18(12(8)14(19)20)13-11(7-15)9(2)10(3)16-17-13/h8,12H,4-6H2,1-3H3,(H,19,20). The van der Waals surface area contributed by atoms with Crippen molar-refractivity contribution in [1.29, 1.82) is 5.26 Å². The molecular formula is C14H18N4O2. The Morgan fingerprint density at radius 1 is 1.45 bits per heavy atom. The van der Waals surface area contributed by atoms with Crippen LogP contribution < -0.4 is 4.90 Å². The highest BCUT2D eigenvalue weighted by Crippen LogP contribution is 2.30. The van der Waals surface area contributed by atoms with Crippen LogP contribution >= 0.6 is 0 Å². The smallest absolute Gasteiger partial charge is 0.326 e. The number of aliphatic carboxylic acids is 1. The topological polar surface area (TPSA) is 90.1 Å². The molecule has 0 amide bonds. The lowest BCUT2D eigenvalue weighted by Crippen LogP contribution is -2.50. The maximum atomic E-state index is 11.5. The lowest BCUT2D eigenvalue weighted by Gasteiger charge is -2.38. The van der Waals surface area contributed by atoms with Crippen LogP contribution in [0.3, 0.4) is 0 Å². The van der Waals surface area contributed by atoms with E-state index in [1.165, 1.54) is 0 Å². The van der Waals surface area contributed by atoms with Crippen molar-refractivity contribution in [2.24, 2.45) is 5.92 Å². The molecule has 1 saturated heterocycles. The first-order valence-electron chi connectivity index (χ1n) is 6.70.